The summed E-state index contributed by atoms with van der Waals surface area (Å²) in [6.07, 6.45) is 12.8. The number of aliphatic hydroxyl groups excluding tert-OH is 1. The Morgan fingerprint density at radius 2 is 1.84 bits per heavy atom. The van der Waals surface area contributed by atoms with Gasteiger partial charge in [-0.05, 0) is 63.5 Å². The third-order valence-corrected chi connectivity index (χ3v) is 8.15. The Bertz CT molecular complexity index is 978. The fourth-order valence-corrected chi connectivity index (χ4v) is 6.37. The summed E-state index contributed by atoms with van der Waals surface area (Å²) >= 11 is 0. The maximum Gasteiger partial charge on any atom is 0.414 e. The summed E-state index contributed by atoms with van der Waals surface area (Å²) < 4.78 is 7.61. The third-order valence-electron chi connectivity index (χ3n) is 8.15. The van der Waals surface area contributed by atoms with Crippen molar-refractivity contribution < 1.29 is 14.6 Å². The number of carbonyl (C=O) groups excluding carboxylic acids is 1. The van der Waals surface area contributed by atoms with E-state index in [1.54, 1.807) is 4.90 Å². The van der Waals surface area contributed by atoms with Crippen molar-refractivity contribution in [2.75, 3.05) is 12.0 Å². The molecule has 1 amide bonds. The Morgan fingerprint density at radius 1 is 1.09 bits per heavy atom. The van der Waals surface area contributed by atoms with Gasteiger partial charge in [0.25, 0.3) is 0 Å². The summed E-state index contributed by atoms with van der Waals surface area (Å²) in [7, 11) is 1.45. The number of ether oxygens (including phenoxy) is 1. The van der Waals surface area contributed by atoms with E-state index in [1.165, 1.54) is 56.7 Å². The van der Waals surface area contributed by atoms with Gasteiger partial charge in [-0.3, -0.25) is 4.90 Å². The molecule has 32 heavy (non-hydrogen) atoms. The van der Waals surface area contributed by atoms with Gasteiger partial charge in [-0.25, -0.2) is 9.78 Å². The van der Waals surface area contributed by atoms with Gasteiger partial charge >= 0.3 is 6.09 Å². The van der Waals surface area contributed by atoms with E-state index in [9.17, 15) is 9.90 Å². The summed E-state index contributed by atoms with van der Waals surface area (Å²) in [6, 6.07) is 4.88. The SMILES string of the molecule is COC(=O)N1c2ccc3c(nc(C[C@H]4CCCC[C@@H]4O)n3C3CCCCC3)c2CC[C@@H]1C. The van der Waals surface area contributed by atoms with Crippen molar-refractivity contribution in [3.8, 4) is 0 Å². The van der Waals surface area contributed by atoms with Gasteiger partial charge in [0.15, 0.2) is 0 Å². The van der Waals surface area contributed by atoms with Crippen molar-refractivity contribution in [3.05, 3.63) is 23.5 Å². The number of aryl methyl sites for hydroxylation is 1. The molecule has 5 rings (SSSR count). The maximum atomic E-state index is 12.5. The quantitative estimate of drug-likeness (QED) is 0.681. The van der Waals surface area contributed by atoms with Gasteiger partial charge < -0.3 is 14.4 Å². The van der Waals surface area contributed by atoms with Gasteiger partial charge in [-0.15, -0.1) is 0 Å². The monoisotopic (exact) mass is 439 g/mol. The summed E-state index contributed by atoms with van der Waals surface area (Å²) in [6.45, 7) is 2.08. The normalized spacial score (nSPS) is 26.8. The number of hydrogen-bond acceptors (Lipinski definition) is 4. The number of aromatic nitrogens is 2. The fraction of sp³-hybridized carbons (Fsp3) is 0.692. The maximum absolute atomic E-state index is 12.5. The van der Waals surface area contributed by atoms with Crippen LogP contribution in [-0.2, 0) is 17.6 Å². The van der Waals surface area contributed by atoms with Crippen LogP contribution in [0.1, 0.15) is 88.6 Å². The van der Waals surface area contributed by atoms with Gasteiger partial charge in [0.1, 0.15) is 5.82 Å². The van der Waals surface area contributed by atoms with Crippen LogP contribution in [-0.4, -0.2) is 40.0 Å². The summed E-state index contributed by atoms with van der Waals surface area (Å²) in [5.74, 6) is 1.43. The zero-order chi connectivity index (χ0) is 22.2. The lowest BCUT2D eigenvalue weighted by Gasteiger charge is -2.34. The number of methoxy groups -OCH3 is 1. The zero-order valence-corrected chi connectivity index (χ0v) is 19.6. The molecule has 0 saturated heterocycles. The van der Waals surface area contributed by atoms with E-state index in [0.29, 0.717) is 12.0 Å². The number of rotatable bonds is 3. The van der Waals surface area contributed by atoms with E-state index in [0.717, 1.165) is 55.6 Å². The fourth-order valence-electron chi connectivity index (χ4n) is 6.37. The molecule has 1 N–H and O–H groups in total. The molecule has 1 aromatic carbocycles. The third kappa shape index (κ3) is 3.81. The van der Waals surface area contributed by atoms with E-state index in [-0.39, 0.29) is 18.2 Å². The van der Waals surface area contributed by atoms with Crippen molar-refractivity contribution in [3.63, 3.8) is 0 Å². The van der Waals surface area contributed by atoms with Crippen LogP contribution >= 0.6 is 0 Å². The lowest BCUT2D eigenvalue weighted by Crippen LogP contribution is -2.42. The standard InChI is InChI=1S/C26H37N3O3/c1-17-12-13-20-21(28(17)26(31)32-2)14-15-22-25(20)27-24(16-18-8-6-7-11-23(18)30)29(22)19-9-4-3-5-10-19/h14-15,17-19,23,30H,3-13,16H2,1-2H3/t17-,18+,23-/m0/s1. The van der Waals surface area contributed by atoms with Crippen molar-refractivity contribution in [1.82, 2.24) is 9.55 Å². The van der Waals surface area contributed by atoms with Crippen LogP contribution in [0.2, 0.25) is 0 Å². The molecule has 0 spiro atoms. The topological polar surface area (TPSA) is 67.6 Å². The van der Waals surface area contributed by atoms with E-state index < -0.39 is 0 Å². The first kappa shape index (κ1) is 21.7. The summed E-state index contributed by atoms with van der Waals surface area (Å²) in [5.41, 5.74) is 4.37. The molecular formula is C26H37N3O3. The van der Waals surface area contributed by atoms with Crippen molar-refractivity contribution in [1.29, 1.82) is 0 Å². The smallest absolute Gasteiger partial charge is 0.414 e. The highest BCUT2D eigenvalue weighted by Gasteiger charge is 2.33. The van der Waals surface area contributed by atoms with Crippen LogP contribution in [0.15, 0.2) is 12.1 Å². The van der Waals surface area contributed by atoms with Gasteiger partial charge in [0.05, 0.1) is 29.9 Å². The molecule has 3 aliphatic rings. The highest BCUT2D eigenvalue weighted by molar-refractivity contribution is 5.95. The summed E-state index contributed by atoms with van der Waals surface area (Å²) in [4.78, 5) is 19.6. The number of nitrogens with zero attached hydrogens (tertiary/aromatic N) is 3. The molecule has 0 bridgehead atoms. The first-order valence-electron chi connectivity index (χ1n) is 12.7. The molecular weight excluding hydrogens is 402 g/mol. The second-order valence-electron chi connectivity index (χ2n) is 10.2. The molecule has 2 aliphatic carbocycles. The number of aliphatic hydroxyl groups is 1. The number of fused-ring (bicyclic) bond motifs is 3. The predicted octanol–water partition coefficient (Wildman–Crippen LogP) is 5.54. The second kappa shape index (κ2) is 9.05. The van der Waals surface area contributed by atoms with Crippen LogP contribution in [0.25, 0.3) is 11.0 Å². The van der Waals surface area contributed by atoms with Crippen LogP contribution in [0.3, 0.4) is 0 Å². The Morgan fingerprint density at radius 3 is 2.59 bits per heavy atom. The van der Waals surface area contributed by atoms with Gasteiger partial charge in [0, 0.05) is 24.1 Å². The van der Waals surface area contributed by atoms with Crippen LogP contribution in [0.5, 0.6) is 0 Å². The molecule has 0 unspecified atom stereocenters. The first-order valence-corrected chi connectivity index (χ1v) is 12.7. The van der Waals surface area contributed by atoms with Crippen LogP contribution in [0.4, 0.5) is 10.5 Å². The average Bonchev–Trinajstić information content (AvgIpc) is 3.18. The molecule has 2 fully saturated rings. The van der Waals surface area contributed by atoms with E-state index >= 15 is 0 Å². The number of anilines is 1. The number of carbonyl (C=O) groups is 1. The Kier molecular flexibility index (Phi) is 6.15. The molecule has 0 radical (unpaired) electrons. The van der Waals surface area contributed by atoms with Crippen molar-refractivity contribution in [2.24, 2.45) is 5.92 Å². The van der Waals surface area contributed by atoms with E-state index in [1.807, 2.05) is 0 Å². The number of hydrogen-bond donors (Lipinski definition) is 1. The molecule has 174 valence electrons. The first-order chi connectivity index (χ1) is 15.6. The van der Waals surface area contributed by atoms with Gasteiger partial charge in [0.2, 0.25) is 0 Å². The van der Waals surface area contributed by atoms with Gasteiger partial charge in [-0.1, -0.05) is 32.1 Å². The number of amides is 1. The lowest BCUT2D eigenvalue weighted by atomic mass is 9.84. The molecule has 1 aromatic heterocycles. The van der Waals surface area contributed by atoms with Crippen LogP contribution in [0, 0.1) is 5.92 Å². The largest absolute Gasteiger partial charge is 0.452 e. The highest BCUT2D eigenvalue weighted by Crippen LogP contribution is 2.40. The zero-order valence-electron chi connectivity index (χ0n) is 19.6. The van der Waals surface area contributed by atoms with Gasteiger partial charge in [-0.2, -0.15) is 0 Å². The highest BCUT2D eigenvalue weighted by atomic mass is 16.5. The van der Waals surface area contributed by atoms with E-state index in [2.05, 4.69) is 23.6 Å². The minimum atomic E-state index is -0.296. The predicted molar refractivity (Wildman–Crippen MR) is 126 cm³/mol. The molecule has 2 aromatic rings. The average molecular weight is 440 g/mol. The lowest BCUT2D eigenvalue weighted by molar-refractivity contribution is 0.0682. The van der Waals surface area contributed by atoms with Crippen LogP contribution < -0.4 is 4.90 Å². The van der Waals surface area contributed by atoms with E-state index in [4.69, 9.17) is 9.72 Å². The molecule has 2 saturated carbocycles. The molecule has 6 heteroatoms. The minimum Gasteiger partial charge on any atom is -0.452 e. The summed E-state index contributed by atoms with van der Waals surface area (Å²) in [5, 5.41) is 10.7. The van der Waals surface area contributed by atoms with Crippen molar-refractivity contribution >= 4 is 22.8 Å². The Balaban J connectivity index is 1.61. The molecule has 6 nitrogen and oxygen atoms in total. The molecule has 3 atom stereocenters. The second-order valence-corrected chi connectivity index (χ2v) is 10.2. The minimum absolute atomic E-state index is 0.115. The molecule has 2 heterocycles. The Labute approximate surface area is 190 Å². The Hall–Kier alpha value is -2.08. The number of benzene rings is 1. The number of imidazole rings is 1. The molecule has 1 aliphatic heterocycles. The van der Waals surface area contributed by atoms with Crippen molar-refractivity contribution in [2.45, 2.75) is 102 Å².